The second kappa shape index (κ2) is 7.72. The zero-order chi connectivity index (χ0) is 13.4. The lowest BCUT2D eigenvalue weighted by Crippen LogP contribution is -2.47. The van der Waals surface area contributed by atoms with Gasteiger partial charge in [-0.2, -0.15) is 9.64 Å². The summed E-state index contributed by atoms with van der Waals surface area (Å²) in [6.45, 7) is 6.23. The van der Waals surface area contributed by atoms with Gasteiger partial charge >= 0.3 is 0 Å². The normalized spacial score (nSPS) is 14.4. The Labute approximate surface area is 117 Å². The number of nitriles is 1. The fraction of sp³-hybridized carbons (Fsp3) is 0.750. The molecule has 0 saturated heterocycles. The molecule has 0 fully saturated rings. The highest BCUT2D eigenvalue weighted by Gasteiger charge is 2.27. The van der Waals surface area contributed by atoms with Crippen molar-refractivity contribution in [1.29, 1.82) is 5.26 Å². The van der Waals surface area contributed by atoms with Gasteiger partial charge in [0.25, 0.3) is 0 Å². The van der Waals surface area contributed by atoms with E-state index in [1.54, 1.807) is 18.1 Å². The molecular weight excluding hydrogens is 264 g/mol. The number of hydrogen-bond acceptors (Lipinski definition) is 6. The van der Waals surface area contributed by atoms with Crippen LogP contribution in [0.15, 0.2) is 10.7 Å². The number of nitrogens with one attached hydrogen (secondary N) is 1. The predicted octanol–water partition coefficient (Wildman–Crippen LogP) is 3.08. The van der Waals surface area contributed by atoms with E-state index in [9.17, 15) is 5.26 Å². The molecular formula is C12H20N4S2. The largest absolute Gasteiger partial charge is 0.297 e. The van der Waals surface area contributed by atoms with Crippen molar-refractivity contribution in [1.82, 2.24) is 14.7 Å². The van der Waals surface area contributed by atoms with E-state index in [0.29, 0.717) is 6.04 Å². The van der Waals surface area contributed by atoms with Crippen LogP contribution in [-0.4, -0.2) is 26.7 Å². The van der Waals surface area contributed by atoms with Crippen LogP contribution in [0.2, 0.25) is 0 Å². The van der Waals surface area contributed by atoms with Gasteiger partial charge in [0.05, 0.1) is 6.07 Å². The molecule has 0 bridgehead atoms. The van der Waals surface area contributed by atoms with Gasteiger partial charge in [-0.15, -0.1) is 0 Å². The standard InChI is InChI=1S/C12H20N4S2/c1-4-12(8-13,16-10(2)3)6-5-7-17-11-14-9-15-18-11/h9-10,16H,4-7H2,1-3H3. The molecule has 1 aromatic rings. The summed E-state index contributed by atoms with van der Waals surface area (Å²) in [7, 11) is 0. The van der Waals surface area contributed by atoms with Crippen LogP contribution in [0.3, 0.4) is 0 Å². The molecule has 1 atom stereocenters. The Morgan fingerprint density at radius 3 is 2.89 bits per heavy atom. The summed E-state index contributed by atoms with van der Waals surface area (Å²) in [6, 6.07) is 2.78. The van der Waals surface area contributed by atoms with Crippen molar-refractivity contribution in [3.05, 3.63) is 6.33 Å². The maximum atomic E-state index is 9.37. The van der Waals surface area contributed by atoms with E-state index < -0.39 is 0 Å². The number of aromatic nitrogens is 2. The van der Waals surface area contributed by atoms with Crippen LogP contribution in [0.1, 0.15) is 40.0 Å². The van der Waals surface area contributed by atoms with E-state index in [1.807, 2.05) is 0 Å². The summed E-state index contributed by atoms with van der Waals surface area (Å²) in [4.78, 5) is 4.13. The van der Waals surface area contributed by atoms with E-state index in [4.69, 9.17) is 0 Å². The first kappa shape index (κ1) is 15.4. The Morgan fingerprint density at radius 2 is 2.39 bits per heavy atom. The van der Waals surface area contributed by atoms with Crippen LogP contribution in [-0.2, 0) is 0 Å². The summed E-state index contributed by atoms with van der Waals surface area (Å²) in [5.74, 6) is 0.985. The second-order valence-corrected chi connectivity index (χ2v) is 6.63. The summed E-state index contributed by atoms with van der Waals surface area (Å²) in [5, 5.41) is 12.8. The van der Waals surface area contributed by atoms with Gasteiger partial charge in [-0.3, -0.25) is 5.32 Å². The Balaban J connectivity index is 2.36. The lowest BCUT2D eigenvalue weighted by molar-refractivity contribution is 0.341. The predicted molar refractivity (Wildman–Crippen MR) is 76.8 cm³/mol. The molecule has 0 aromatic carbocycles. The fourth-order valence-electron chi connectivity index (χ4n) is 1.83. The van der Waals surface area contributed by atoms with Crippen molar-refractivity contribution < 1.29 is 0 Å². The van der Waals surface area contributed by atoms with Gasteiger partial charge in [0, 0.05) is 11.8 Å². The Hall–Kier alpha value is -0.640. The number of thioether (sulfide) groups is 1. The molecule has 100 valence electrons. The van der Waals surface area contributed by atoms with Gasteiger partial charge in [-0.05, 0) is 44.6 Å². The quantitative estimate of drug-likeness (QED) is 0.587. The van der Waals surface area contributed by atoms with Crippen LogP contribution in [0.25, 0.3) is 0 Å². The summed E-state index contributed by atoms with van der Waals surface area (Å²) in [6.07, 6.45) is 4.31. The third-order valence-corrected chi connectivity index (χ3v) is 4.58. The van der Waals surface area contributed by atoms with E-state index in [2.05, 4.69) is 41.5 Å². The highest BCUT2D eigenvalue weighted by molar-refractivity contribution is 8.00. The first-order valence-electron chi connectivity index (χ1n) is 6.20. The summed E-state index contributed by atoms with van der Waals surface area (Å²) < 4.78 is 4.97. The molecule has 1 rings (SSSR count). The van der Waals surface area contributed by atoms with Crippen LogP contribution < -0.4 is 5.32 Å². The van der Waals surface area contributed by atoms with Crippen LogP contribution >= 0.6 is 23.3 Å². The lowest BCUT2D eigenvalue weighted by atomic mass is 9.91. The van der Waals surface area contributed by atoms with E-state index >= 15 is 0 Å². The van der Waals surface area contributed by atoms with Gasteiger partial charge in [-0.25, -0.2) is 4.98 Å². The minimum absolute atomic E-state index is 0.334. The van der Waals surface area contributed by atoms with Gasteiger partial charge in [0.2, 0.25) is 0 Å². The topological polar surface area (TPSA) is 61.6 Å². The summed E-state index contributed by atoms with van der Waals surface area (Å²) in [5.41, 5.74) is -0.379. The molecule has 0 saturated carbocycles. The first-order chi connectivity index (χ1) is 8.62. The Morgan fingerprint density at radius 1 is 1.61 bits per heavy atom. The molecule has 6 heteroatoms. The van der Waals surface area contributed by atoms with E-state index in [1.165, 1.54) is 11.5 Å². The average Bonchev–Trinajstić information content (AvgIpc) is 2.85. The van der Waals surface area contributed by atoms with Gasteiger partial charge < -0.3 is 0 Å². The lowest BCUT2D eigenvalue weighted by Gasteiger charge is -2.29. The van der Waals surface area contributed by atoms with Crippen molar-refractivity contribution >= 4 is 23.3 Å². The minimum atomic E-state index is -0.379. The van der Waals surface area contributed by atoms with Crippen LogP contribution in [0, 0.1) is 11.3 Å². The minimum Gasteiger partial charge on any atom is -0.297 e. The third kappa shape index (κ3) is 4.92. The van der Waals surface area contributed by atoms with Crippen molar-refractivity contribution in [2.45, 2.75) is 56.0 Å². The maximum Gasteiger partial charge on any atom is 0.169 e. The van der Waals surface area contributed by atoms with Crippen LogP contribution in [0.4, 0.5) is 0 Å². The molecule has 0 amide bonds. The molecule has 0 spiro atoms. The molecule has 18 heavy (non-hydrogen) atoms. The first-order valence-corrected chi connectivity index (χ1v) is 7.96. The number of rotatable bonds is 8. The van der Waals surface area contributed by atoms with Crippen molar-refractivity contribution in [3.8, 4) is 6.07 Å². The molecule has 0 aliphatic carbocycles. The SMILES string of the molecule is CCC(C#N)(CCCSc1ncns1)NC(C)C. The molecule has 0 aliphatic heterocycles. The average molecular weight is 284 g/mol. The molecule has 1 aromatic heterocycles. The molecule has 4 nitrogen and oxygen atoms in total. The Bertz CT molecular complexity index is 372. The highest BCUT2D eigenvalue weighted by atomic mass is 32.2. The molecule has 1 unspecified atom stereocenters. The Kier molecular flexibility index (Phi) is 6.61. The monoisotopic (exact) mass is 284 g/mol. The molecule has 1 heterocycles. The number of nitrogens with zero attached hydrogens (tertiary/aromatic N) is 3. The van der Waals surface area contributed by atoms with Crippen molar-refractivity contribution in [2.75, 3.05) is 5.75 Å². The summed E-state index contributed by atoms with van der Waals surface area (Å²) >= 11 is 3.14. The van der Waals surface area contributed by atoms with Gasteiger partial charge in [-0.1, -0.05) is 18.7 Å². The maximum absolute atomic E-state index is 9.37. The van der Waals surface area contributed by atoms with Crippen LogP contribution in [0.5, 0.6) is 0 Å². The number of hydrogen-bond donors (Lipinski definition) is 1. The van der Waals surface area contributed by atoms with E-state index in [-0.39, 0.29) is 5.54 Å². The van der Waals surface area contributed by atoms with Gasteiger partial charge in [0.15, 0.2) is 4.34 Å². The van der Waals surface area contributed by atoms with Gasteiger partial charge in [0.1, 0.15) is 11.9 Å². The zero-order valence-corrected chi connectivity index (χ0v) is 12.8. The van der Waals surface area contributed by atoms with Crippen molar-refractivity contribution in [2.24, 2.45) is 0 Å². The second-order valence-electron chi connectivity index (χ2n) is 4.51. The smallest absolute Gasteiger partial charge is 0.169 e. The van der Waals surface area contributed by atoms with E-state index in [0.717, 1.165) is 29.4 Å². The zero-order valence-electron chi connectivity index (χ0n) is 11.1. The fourth-order valence-corrected chi connectivity index (χ4v) is 3.28. The molecule has 0 radical (unpaired) electrons. The van der Waals surface area contributed by atoms with Crippen molar-refractivity contribution in [3.63, 3.8) is 0 Å². The molecule has 0 aliphatic rings. The highest BCUT2D eigenvalue weighted by Crippen LogP contribution is 2.23. The molecule has 1 N–H and O–H groups in total. The third-order valence-electron chi connectivity index (χ3n) is 2.70.